The molecule has 0 aromatic heterocycles. The van der Waals surface area contributed by atoms with E-state index in [1.165, 1.54) is 96.3 Å². The monoisotopic (exact) mass is 805 g/mol. The second kappa shape index (κ2) is 28.3. The summed E-state index contributed by atoms with van der Waals surface area (Å²) in [6.45, 7) is 6.10. The molecule has 8 unspecified atom stereocenters. The number of hydrogen-bond acceptors (Lipinski definition) is 10. The molecule has 8 atom stereocenters. The van der Waals surface area contributed by atoms with Crippen LogP contribution in [0.25, 0.3) is 0 Å². The molecule has 0 bridgehead atoms. The van der Waals surface area contributed by atoms with Crippen LogP contribution in [0.2, 0.25) is 0 Å². The number of unbranched alkanes of at least 4 members (excludes halogenated alkanes) is 22. The van der Waals surface area contributed by atoms with Crippen molar-refractivity contribution < 1.29 is 47.6 Å². The van der Waals surface area contributed by atoms with Gasteiger partial charge in [-0.2, -0.15) is 0 Å². The molecular formula is C47H80O10. The first-order valence-electron chi connectivity index (χ1n) is 23.9. The van der Waals surface area contributed by atoms with Crippen molar-refractivity contribution in [1.29, 1.82) is 0 Å². The number of hydrogen-bond donors (Lipinski definition) is 0. The number of fused-ring (bicyclic) bond motifs is 2. The highest BCUT2D eigenvalue weighted by atomic mass is 16.6. The van der Waals surface area contributed by atoms with E-state index in [9.17, 15) is 19.2 Å². The molecule has 0 aromatic rings. The zero-order valence-electron chi connectivity index (χ0n) is 36.0. The Morgan fingerprint density at radius 1 is 0.333 bits per heavy atom. The van der Waals surface area contributed by atoms with Crippen LogP contribution >= 0.6 is 0 Å². The molecule has 2 saturated heterocycles. The molecule has 0 N–H and O–H groups in total. The minimum atomic E-state index is -0.456. The number of carbonyl (C=O) groups is 4. The van der Waals surface area contributed by atoms with Crippen molar-refractivity contribution in [2.45, 2.75) is 224 Å². The summed E-state index contributed by atoms with van der Waals surface area (Å²) in [6.07, 6.45) is 31.0. The summed E-state index contributed by atoms with van der Waals surface area (Å²) < 4.78 is 33.9. The minimum Gasteiger partial charge on any atom is -0.465 e. The maximum atomic E-state index is 13.0. The highest BCUT2D eigenvalue weighted by Crippen LogP contribution is 2.45. The van der Waals surface area contributed by atoms with Gasteiger partial charge in [-0.1, -0.05) is 149 Å². The lowest BCUT2D eigenvalue weighted by Crippen LogP contribution is -2.37. The molecule has 0 spiro atoms. The Hall–Kier alpha value is -2.20. The van der Waals surface area contributed by atoms with Gasteiger partial charge in [0.15, 0.2) is 0 Å². The topological polar surface area (TPSA) is 130 Å². The van der Waals surface area contributed by atoms with E-state index in [-0.39, 0.29) is 48.3 Å². The Kier molecular flexibility index (Phi) is 23.6. The zero-order chi connectivity index (χ0) is 40.5. The Bertz CT molecular complexity index is 1060. The predicted octanol–water partition coefficient (Wildman–Crippen LogP) is 10.5. The summed E-state index contributed by atoms with van der Waals surface area (Å²) in [4.78, 5) is 51.8. The normalized spacial score (nSPS) is 25.9. The number of ether oxygens (including phenoxy) is 6. The van der Waals surface area contributed by atoms with Gasteiger partial charge in [0.25, 0.3) is 0 Å². The van der Waals surface area contributed by atoms with Gasteiger partial charge in [0.2, 0.25) is 0 Å². The number of esters is 4. The first kappa shape index (κ1) is 47.5. The van der Waals surface area contributed by atoms with Gasteiger partial charge < -0.3 is 28.4 Å². The van der Waals surface area contributed by atoms with Crippen molar-refractivity contribution >= 4 is 23.9 Å². The molecule has 2 aliphatic carbocycles. The van der Waals surface area contributed by atoms with Crippen molar-refractivity contribution in [3.05, 3.63) is 0 Å². The van der Waals surface area contributed by atoms with Gasteiger partial charge in [-0.15, -0.1) is 0 Å². The van der Waals surface area contributed by atoms with Gasteiger partial charge in [-0.05, 0) is 51.4 Å². The molecule has 10 nitrogen and oxygen atoms in total. The van der Waals surface area contributed by atoms with E-state index in [1.807, 2.05) is 0 Å². The van der Waals surface area contributed by atoms with Crippen molar-refractivity contribution in [2.24, 2.45) is 23.7 Å². The van der Waals surface area contributed by atoms with Crippen molar-refractivity contribution in [3.8, 4) is 0 Å². The molecule has 0 radical (unpaired) electrons. The summed E-state index contributed by atoms with van der Waals surface area (Å²) in [6, 6.07) is 0. The van der Waals surface area contributed by atoms with Gasteiger partial charge in [0.1, 0.15) is 0 Å². The lowest BCUT2D eigenvalue weighted by Gasteiger charge is -2.26. The minimum absolute atomic E-state index is 0.0875. The SMILES string of the molecule is CCCCCCCCCOC(=O)C1CC2OC2CC1C(=O)OCCCCCCCCCCCCCOC(=O)C1CC2OC2CC1C(=O)OCCCCCCCCC. The largest absolute Gasteiger partial charge is 0.465 e. The van der Waals surface area contributed by atoms with E-state index in [0.29, 0.717) is 52.1 Å². The summed E-state index contributed by atoms with van der Waals surface area (Å²) in [5.74, 6) is -2.88. The van der Waals surface area contributed by atoms with Crippen LogP contribution in [0, 0.1) is 23.7 Å². The molecule has 4 aliphatic rings. The maximum Gasteiger partial charge on any atom is 0.309 e. The highest BCUT2D eigenvalue weighted by molar-refractivity contribution is 5.83. The van der Waals surface area contributed by atoms with Crippen LogP contribution in [-0.2, 0) is 47.6 Å². The molecule has 328 valence electrons. The van der Waals surface area contributed by atoms with Gasteiger partial charge >= 0.3 is 23.9 Å². The first-order valence-corrected chi connectivity index (χ1v) is 23.9. The zero-order valence-corrected chi connectivity index (χ0v) is 36.0. The molecule has 0 aromatic carbocycles. The van der Waals surface area contributed by atoms with Crippen LogP contribution in [0.4, 0.5) is 0 Å². The van der Waals surface area contributed by atoms with E-state index in [0.717, 1.165) is 64.2 Å². The third kappa shape index (κ3) is 18.7. The summed E-state index contributed by atoms with van der Waals surface area (Å²) >= 11 is 0. The Balaban J connectivity index is 0.937. The fraction of sp³-hybridized carbons (Fsp3) is 0.915. The van der Waals surface area contributed by atoms with E-state index >= 15 is 0 Å². The molecular weight excluding hydrogens is 725 g/mol. The molecule has 4 fully saturated rings. The second-order valence-electron chi connectivity index (χ2n) is 17.6. The molecule has 0 amide bonds. The molecule has 10 heteroatoms. The van der Waals surface area contributed by atoms with Gasteiger partial charge in [0, 0.05) is 0 Å². The standard InChI is InChI=1S/C47H80O10/c1-3-5-7-9-16-20-24-28-52-44(48)36-32-40-42(56-40)34-38(36)46(50)54-30-26-22-18-14-12-11-13-15-19-23-27-31-55-47(51)39-35-43-41(57-43)33-37(39)45(49)53-29-25-21-17-10-8-6-4-2/h36-43H,3-35H2,1-2H3. The van der Waals surface area contributed by atoms with Crippen LogP contribution in [0.1, 0.15) is 200 Å². The van der Waals surface area contributed by atoms with Gasteiger partial charge in [-0.3, -0.25) is 19.2 Å². The maximum absolute atomic E-state index is 13.0. The Morgan fingerprint density at radius 2 is 0.526 bits per heavy atom. The molecule has 4 rings (SSSR count). The molecule has 57 heavy (non-hydrogen) atoms. The lowest BCUT2D eigenvalue weighted by atomic mass is 9.79. The van der Waals surface area contributed by atoms with Crippen molar-refractivity contribution in [2.75, 3.05) is 26.4 Å². The predicted molar refractivity (Wildman–Crippen MR) is 220 cm³/mol. The van der Waals surface area contributed by atoms with Crippen LogP contribution in [-0.4, -0.2) is 74.7 Å². The van der Waals surface area contributed by atoms with Crippen LogP contribution in [0.3, 0.4) is 0 Å². The van der Waals surface area contributed by atoms with Crippen LogP contribution < -0.4 is 0 Å². The smallest absolute Gasteiger partial charge is 0.309 e. The first-order chi connectivity index (χ1) is 27.9. The lowest BCUT2D eigenvalue weighted by molar-refractivity contribution is -0.162. The average molecular weight is 805 g/mol. The van der Waals surface area contributed by atoms with E-state index in [2.05, 4.69) is 13.8 Å². The van der Waals surface area contributed by atoms with Crippen LogP contribution in [0.15, 0.2) is 0 Å². The number of rotatable bonds is 34. The Morgan fingerprint density at radius 3 is 0.737 bits per heavy atom. The second-order valence-corrected chi connectivity index (χ2v) is 17.6. The third-order valence-corrected chi connectivity index (χ3v) is 12.8. The van der Waals surface area contributed by atoms with Gasteiger partial charge in [0.05, 0.1) is 74.5 Å². The molecule has 2 heterocycles. The molecule has 2 aliphatic heterocycles. The summed E-state index contributed by atoms with van der Waals surface area (Å²) in [5.41, 5.74) is 0. The number of carbonyl (C=O) groups excluding carboxylic acids is 4. The summed E-state index contributed by atoms with van der Waals surface area (Å²) in [7, 11) is 0. The fourth-order valence-corrected chi connectivity index (χ4v) is 8.92. The molecule has 2 saturated carbocycles. The summed E-state index contributed by atoms with van der Waals surface area (Å²) in [5, 5.41) is 0. The van der Waals surface area contributed by atoms with E-state index in [4.69, 9.17) is 28.4 Å². The van der Waals surface area contributed by atoms with Crippen LogP contribution in [0.5, 0.6) is 0 Å². The van der Waals surface area contributed by atoms with E-state index < -0.39 is 23.7 Å². The quantitative estimate of drug-likeness (QED) is 0.0268. The third-order valence-electron chi connectivity index (χ3n) is 12.8. The fourth-order valence-electron chi connectivity index (χ4n) is 8.92. The Labute approximate surface area is 345 Å². The number of epoxide rings is 2. The average Bonchev–Trinajstić information content (AvgIpc) is 4.15. The highest BCUT2D eigenvalue weighted by Gasteiger charge is 2.54. The van der Waals surface area contributed by atoms with Crippen molar-refractivity contribution in [3.63, 3.8) is 0 Å². The van der Waals surface area contributed by atoms with Gasteiger partial charge in [-0.25, -0.2) is 0 Å². The van der Waals surface area contributed by atoms with Crippen molar-refractivity contribution in [1.82, 2.24) is 0 Å². The van der Waals surface area contributed by atoms with E-state index in [1.54, 1.807) is 0 Å².